The van der Waals surface area contributed by atoms with Crippen molar-refractivity contribution in [2.24, 2.45) is 5.92 Å². The highest BCUT2D eigenvalue weighted by Crippen LogP contribution is 2.18. The minimum Gasteiger partial charge on any atom is -0.395 e. The lowest BCUT2D eigenvalue weighted by atomic mass is 10.2. The third kappa shape index (κ3) is 6.42. The number of nitrogens with one attached hydrogen (secondary N) is 1. The van der Waals surface area contributed by atoms with Gasteiger partial charge >= 0.3 is 6.16 Å². The minimum absolute atomic E-state index is 0.438. The van der Waals surface area contributed by atoms with Crippen LogP contribution in [-0.2, 0) is 6.54 Å². The summed E-state index contributed by atoms with van der Waals surface area (Å²) in [7, 11) is 0. The average molecular weight is 378 g/mol. The number of ether oxygens (including phenoxy) is 2. The smallest absolute Gasteiger partial charge is 0.395 e. The standard InChI is InChI=1S/C18H20BrNO3/c1-13(2)11-20-12-14-3-7-16(8-4-14)22-18(21)23-17-9-5-15(19)6-10-17/h3-10,13,20H,11-12H2,1-2H3. The third-order valence-electron chi connectivity index (χ3n) is 3.02. The van der Waals surface area contributed by atoms with E-state index in [-0.39, 0.29) is 0 Å². The van der Waals surface area contributed by atoms with Gasteiger partial charge in [-0.1, -0.05) is 41.9 Å². The van der Waals surface area contributed by atoms with E-state index in [4.69, 9.17) is 9.47 Å². The predicted molar refractivity (Wildman–Crippen MR) is 93.8 cm³/mol. The van der Waals surface area contributed by atoms with Gasteiger partial charge in [-0.25, -0.2) is 4.79 Å². The lowest BCUT2D eigenvalue weighted by Crippen LogP contribution is -2.19. The van der Waals surface area contributed by atoms with Gasteiger partial charge in [0.15, 0.2) is 0 Å². The molecule has 0 heterocycles. The van der Waals surface area contributed by atoms with E-state index < -0.39 is 6.16 Å². The monoisotopic (exact) mass is 377 g/mol. The summed E-state index contributed by atoms with van der Waals surface area (Å²) in [5, 5.41) is 3.36. The Kier molecular flexibility index (Phi) is 6.62. The Morgan fingerprint density at radius 3 is 2.04 bits per heavy atom. The Labute approximate surface area is 144 Å². The molecule has 2 aromatic rings. The van der Waals surface area contributed by atoms with Crippen molar-refractivity contribution in [2.45, 2.75) is 20.4 Å². The first-order valence-electron chi connectivity index (χ1n) is 7.48. The molecule has 0 amide bonds. The summed E-state index contributed by atoms with van der Waals surface area (Å²) in [6, 6.07) is 14.3. The van der Waals surface area contributed by atoms with Crippen molar-refractivity contribution in [3.8, 4) is 11.5 Å². The zero-order valence-corrected chi connectivity index (χ0v) is 14.8. The van der Waals surface area contributed by atoms with Gasteiger partial charge in [-0.05, 0) is 54.4 Å². The highest BCUT2D eigenvalue weighted by atomic mass is 79.9. The molecule has 0 aromatic heterocycles. The number of benzene rings is 2. The second-order valence-electron chi connectivity index (χ2n) is 5.58. The lowest BCUT2D eigenvalue weighted by Gasteiger charge is -2.08. The summed E-state index contributed by atoms with van der Waals surface area (Å²) < 4.78 is 11.2. The molecule has 0 radical (unpaired) electrons. The van der Waals surface area contributed by atoms with Crippen molar-refractivity contribution in [3.05, 3.63) is 58.6 Å². The molecule has 0 spiro atoms. The predicted octanol–water partition coefficient (Wildman–Crippen LogP) is 4.77. The minimum atomic E-state index is -0.752. The topological polar surface area (TPSA) is 47.6 Å². The summed E-state index contributed by atoms with van der Waals surface area (Å²) in [5.41, 5.74) is 1.14. The molecule has 122 valence electrons. The van der Waals surface area contributed by atoms with Crippen molar-refractivity contribution in [1.29, 1.82) is 0 Å². The van der Waals surface area contributed by atoms with Gasteiger partial charge in [0.2, 0.25) is 0 Å². The van der Waals surface area contributed by atoms with Gasteiger partial charge in [-0.3, -0.25) is 0 Å². The molecule has 0 aliphatic carbocycles. The molecule has 0 atom stereocenters. The summed E-state index contributed by atoms with van der Waals surface area (Å²) in [5.74, 6) is 1.51. The van der Waals surface area contributed by atoms with E-state index in [9.17, 15) is 4.79 Å². The maximum atomic E-state index is 11.7. The van der Waals surface area contributed by atoms with Crippen LogP contribution in [0.5, 0.6) is 11.5 Å². The van der Waals surface area contributed by atoms with Gasteiger partial charge in [0.05, 0.1) is 0 Å². The Hall–Kier alpha value is -1.85. The number of carbonyl (C=O) groups excluding carboxylic acids is 1. The van der Waals surface area contributed by atoms with Gasteiger partial charge in [-0.2, -0.15) is 0 Å². The number of carbonyl (C=O) groups is 1. The Morgan fingerprint density at radius 2 is 1.52 bits per heavy atom. The first kappa shape index (κ1) is 17.5. The molecule has 23 heavy (non-hydrogen) atoms. The van der Waals surface area contributed by atoms with E-state index in [2.05, 4.69) is 35.1 Å². The second kappa shape index (κ2) is 8.70. The van der Waals surface area contributed by atoms with Crippen LogP contribution in [0.2, 0.25) is 0 Å². The van der Waals surface area contributed by atoms with E-state index in [0.717, 1.165) is 23.1 Å². The zero-order valence-electron chi connectivity index (χ0n) is 13.2. The number of halogens is 1. The highest BCUT2D eigenvalue weighted by molar-refractivity contribution is 9.10. The maximum absolute atomic E-state index is 11.7. The summed E-state index contributed by atoms with van der Waals surface area (Å²) in [6.07, 6.45) is -0.752. The Bertz CT molecular complexity index is 624. The quantitative estimate of drug-likeness (QED) is 0.581. The molecule has 0 saturated carbocycles. The largest absolute Gasteiger partial charge is 0.519 e. The fourth-order valence-electron chi connectivity index (χ4n) is 1.90. The normalized spacial score (nSPS) is 10.6. The third-order valence-corrected chi connectivity index (χ3v) is 3.55. The molecular weight excluding hydrogens is 358 g/mol. The van der Waals surface area contributed by atoms with Crippen LogP contribution in [0, 0.1) is 5.92 Å². The SMILES string of the molecule is CC(C)CNCc1ccc(OC(=O)Oc2ccc(Br)cc2)cc1. The fourth-order valence-corrected chi connectivity index (χ4v) is 2.16. The molecule has 0 saturated heterocycles. The summed E-state index contributed by atoms with van der Waals surface area (Å²) in [6.45, 7) is 6.10. The Morgan fingerprint density at radius 1 is 1.00 bits per heavy atom. The molecule has 2 rings (SSSR count). The van der Waals surface area contributed by atoms with E-state index >= 15 is 0 Å². The summed E-state index contributed by atoms with van der Waals surface area (Å²) in [4.78, 5) is 11.7. The van der Waals surface area contributed by atoms with Crippen LogP contribution in [-0.4, -0.2) is 12.7 Å². The average Bonchev–Trinajstić information content (AvgIpc) is 2.51. The van der Waals surface area contributed by atoms with Crippen LogP contribution >= 0.6 is 15.9 Å². The van der Waals surface area contributed by atoms with Crippen molar-refractivity contribution >= 4 is 22.1 Å². The number of rotatable bonds is 6. The molecule has 5 heteroatoms. The van der Waals surface area contributed by atoms with Gasteiger partial charge in [0, 0.05) is 11.0 Å². The number of hydrogen-bond donors (Lipinski definition) is 1. The zero-order chi connectivity index (χ0) is 16.7. The molecule has 0 unspecified atom stereocenters. The van der Waals surface area contributed by atoms with Crippen LogP contribution in [0.25, 0.3) is 0 Å². The van der Waals surface area contributed by atoms with E-state index in [0.29, 0.717) is 17.4 Å². The van der Waals surface area contributed by atoms with Crippen LogP contribution in [0.1, 0.15) is 19.4 Å². The van der Waals surface area contributed by atoms with Gasteiger partial charge in [-0.15, -0.1) is 0 Å². The molecule has 4 nitrogen and oxygen atoms in total. The molecule has 0 bridgehead atoms. The summed E-state index contributed by atoms with van der Waals surface area (Å²) >= 11 is 3.32. The maximum Gasteiger partial charge on any atom is 0.519 e. The first-order chi connectivity index (χ1) is 11.0. The van der Waals surface area contributed by atoms with Gasteiger partial charge in [0.1, 0.15) is 11.5 Å². The van der Waals surface area contributed by atoms with Gasteiger partial charge < -0.3 is 14.8 Å². The van der Waals surface area contributed by atoms with Crippen molar-refractivity contribution in [2.75, 3.05) is 6.54 Å². The van der Waals surface area contributed by atoms with Crippen molar-refractivity contribution < 1.29 is 14.3 Å². The van der Waals surface area contributed by atoms with E-state index in [1.54, 1.807) is 36.4 Å². The molecule has 0 aliphatic rings. The second-order valence-corrected chi connectivity index (χ2v) is 6.49. The Balaban J connectivity index is 1.82. The molecular formula is C18H20BrNO3. The van der Waals surface area contributed by atoms with Crippen LogP contribution < -0.4 is 14.8 Å². The van der Waals surface area contributed by atoms with Crippen LogP contribution in [0.3, 0.4) is 0 Å². The highest BCUT2D eigenvalue weighted by Gasteiger charge is 2.08. The van der Waals surface area contributed by atoms with E-state index in [1.807, 2.05) is 12.1 Å². The molecule has 0 fully saturated rings. The fraction of sp³-hybridized carbons (Fsp3) is 0.278. The molecule has 1 N–H and O–H groups in total. The van der Waals surface area contributed by atoms with Crippen LogP contribution in [0.15, 0.2) is 53.0 Å². The van der Waals surface area contributed by atoms with Crippen molar-refractivity contribution in [1.82, 2.24) is 5.32 Å². The molecule has 2 aromatic carbocycles. The lowest BCUT2D eigenvalue weighted by molar-refractivity contribution is 0.152. The van der Waals surface area contributed by atoms with Crippen molar-refractivity contribution in [3.63, 3.8) is 0 Å². The molecule has 0 aliphatic heterocycles. The van der Waals surface area contributed by atoms with E-state index in [1.165, 1.54) is 0 Å². The van der Waals surface area contributed by atoms with Crippen LogP contribution in [0.4, 0.5) is 4.79 Å². The first-order valence-corrected chi connectivity index (χ1v) is 8.27. The van der Waals surface area contributed by atoms with Gasteiger partial charge in [0.25, 0.3) is 0 Å². The number of hydrogen-bond acceptors (Lipinski definition) is 4.